The van der Waals surface area contributed by atoms with Crippen LogP contribution in [-0.2, 0) is 30.5 Å². The number of carbonyl (C=O) groups excluding carboxylic acids is 3. The number of ether oxygens (including phenoxy) is 3. The van der Waals surface area contributed by atoms with Crippen LogP contribution in [0.5, 0.6) is 5.75 Å². The Hall–Kier alpha value is -5.79. The molecule has 0 unspecified atom stereocenters. The zero-order valence-corrected chi connectivity index (χ0v) is 25.5. The molecule has 1 aliphatic heterocycles. The van der Waals surface area contributed by atoms with Crippen molar-refractivity contribution in [2.24, 2.45) is 0 Å². The van der Waals surface area contributed by atoms with E-state index in [9.17, 15) is 19.6 Å². The van der Waals surface area contributed by atoms with E-state index in [0.29, 0.717) is 23.6 Å². The normalized spacial score (nSPS) is 14.0. The zero-order valence-electron chi connectivity index (χ0n) is 25.5. The Bertz CT molecular complexity index is 1840. The first-order valence-corrected chi connectivity index (χ1v) is 14.7. The van der Waals surface area contributed by atoms with Gasteiger partial charge in [-0.15, -0.1) is 0 Å². The fourth-order valence-corrected chi connectivity index (χ4v) is 4.89. The highest BCUT2D eigenvalue weighted by Crippen LogP contribution is 2.32. The fourth-order valence-electron chi connectivity index (χ4n) is 4.89. The van der Waals surface area contributed by atoms with Gasteiger partial charge in [-0.1, -0.05) is 60.7 Å². The van der Waals surface area contributed by atoms with E-state index in [1.165, 1.54) is 6.92 Å². The van der Waals surface area contributed by atoms with E-state index < -0.39 is 17.8 Å². The van der Waals surface area contributed by atoms with Crippen LogP contribution in [0.25, 0.3) is 23.0 Å². The number of rotatable bonds is 12. The molecule has 46 heavy (non-hydrogen) atoms. The van der Waals surface area contributed by atoms with Crippen LogP contribution in [0.2, 0.25) is 0 Å². The lowest BCUT2D eigenvalue weighted by Crippen LogP contribution is -2.44. The Morgan fingerprint density at radius 3 is 2.39 bits per heavy atom. The SMILES string of the molecule is CC(=O)OCCOCCN1C(=O)C(C#N)=C(C)/C(=C\c2cn(-c3ccccc3)nc2-c2cccc(OCc3ccccc3)c2)C1=O. The number of nitrogens with zero attached hydrogens (tertiary/aromatic N) is 4. The average molecular weight is 617 g/mol. The molecule has 0 saturated heterocycles. The van der Waals surface area contributed by atoms with Gasteiger partial charge in [-0.2, -0.15) is 10.4 Å². The lowest BCUT2D eigenvalue weighted by atomic mass is 9.93. The minimum Gasteiger partial charge on any atom is -0.489 e. The summed E-state index contributed by atoms with van der Waals surface area (Å²) in [5, 5.41) is 14.7. The van der Waals surface area contributed by atoms with Crippen LogP contribution in [0.4, 0.5) is 0 Å². The first-order valence-electron chi connectivity index (χ1n) is 14.7. The molecule has 0 N–H and O–H groups in total. The Labute approximate surface area is 266 Å². The Morgan fingerprint density at radius 1 is 0.935 bits per heavy atom. The molecule has 0 aliphatic carbocycles. The van der Waals surface area contributed by atoms with Gasteiger partial charge in [0.2, 0.25) is 0 Å². The Kier molecular flexibility index (Phi) is 10.2. The highest BCUT2D eigenvalue weighted by Gasteiger charge is 2.35. The molecular formula is C36H32N4O6. The number of imide groups is 1. The molecule has 0 atom stereocenters. The number of benzene rings is 3. The Morgan fingerprint density at radius 2 is 1.67 bits per heavy atom. The molecule has 5 rings (SSSR count). The van der Waals surface area contributed by atoms with Gasteiger partial charge in [0.25, 0.3) is 11.8 Å². The molecule has 1 aliphatic rings. The van der Waals surface area contributed by atoms with Crippen LogP contribution >= 0.6 is 0 Å². The van der Waals surface area contributed by atoms with Crippen molar-refractivity contribution in [3.8, 4) is 28.8 Å². The van der Waals surface area contributed by atoms with Gasteiger partial charge in [-0.25, -0.2) is 4.68 Å². The summed E-state index contributed by atoms with van der Waals surface area (Å²) >= 11 is 0. The summed E-state index contributed by atoms with van der Waals surface area (Å²) in [7, 11) is 0. The van der Waals surface area contributed by atoms with E-state index in [-0.39, 0.29) is 43.1 Å². The summed E-state index contributed by atoms with van der Waals surface area (Å²) in [5.74, 6) is -1.02. The maximum atomic E-state index is 13.7. The third-order valence-electron chi connectivity index (χ3n) is 7.24. The zero-order chi connectivity index (χ0) is 32.5. The molecule has 10 nitrogen and oxygen atoms in total. The third-order valence-corrected chi connectivity index (χ3v) is 7.24. The molecule has 1 aromatic heterocycles. The first kappa shape index (κ1) is 31.6. The minimum atomic E-state index is -0.686. The number of hydrogen-bond acceptors (Lipinski definition) is 8. The van der Waals surface area contributed by atoms with Crippen molar-refractivity contribution in [3.05, 3.63) is 119 Å². The summed E-state index contributed by atoms with van der Waals surface area (Å²) in [6, 6.07) is 28.9. The highest BCUT2D eigenvalue weighted by molar-refractivity contribution is 6.19. The van der Waals surface area contributed by atoms with Crippen LogP contribution in [-0.4, -0.2) is 58.8 Å². The van der Waals surface area contributed by atoms with Crippen molar-refractivity contribution in [2.45, 2.75) is 20.5 Å². The van der Waals surface area contributed by atoms with Crippen molar-refractivity contribution in [3.63, 3.8) is 0 Å². The Balaban J connectivity index is 1.48. The van der Waals surface area contributed by atoms with E-state index in [1.807, 2.05) is 91.0 Å². The molecule has 0 saturated carbocycles. The minimum absolute atomic E-state index is 0.0107. The summed E-state index contributed by atoms with van der Waals surface area (Å²) in [6.07, 6.45) is 3.47. The van der Waals surface area contributed by atoms with Gasteiger partial charge >= 0.3 is 5.97 Å². The maximum absolute atomic E-state index is 13.7. The smallest absolute Gasteiger partial charge is 0.302 e. The standard InChI is InChI=1S/C36H32N4O6/c1-25-32(35(42)39(36(43)33(25)22-37)16-17-44-18-19-45-26(2)41)21-29-23-40(30-13-7-4-8-14-30)38-34(29)28-12-9-15-31(20-28)46-24-27-10-5-3-6-11-27/h3-15,20-21,23H,16-19,24H2,1-2H3/b32-21+. The fraction of sp³-hybridized carbons (Fsp3) is 0.194. The summed E-state index contributed by atoms with van der Waals surface area (Å²) in [6.45, 7) is 3.37. The van der Waals surface area contributed by atoms with Crippen LogP contribution in [0.15, 0.2) is 108 Å². The summed E-state index contributed by atoms with van der Waals surface area (Å²) < 4.78 is 18.1. The number of para-hydroxylation sites is 1. The average Bonchev–Trinajstić information content (AvgIpc) is 3.50. The lowest BCUT2D eigenvalue weighted by Gasteiger charge is -2.27. The molecule has 10 heteroatoms. The van der Waals surface area contributed by atoms with Gasteiger partial charge in [0.05, 0.1) is 25.4 Å². The number of amides is 2. The molecular weight excluding hydrogens is 584 g/mol. The van der Waals surface area contributed by atoms with Gasteiger partial charge in [-0.3, -0.25) is 19.3 Å². The van der Waals surface area contributed by atoms with E-state index >= 15 is 0 Å². The number of nitriles is 1. The quantitative estimate of drug-likeness (QED) is 0.0911. The second kappa shape index (κ2) is 14.8. The monoisotopic (exact) mass is 616 g/mol. The number of carbonyl (C=O) groups is 3. The van der Waals surface area contributed by atoms with Gasteiger partial charge in [0.15, 0.2) is 0 Å². The van der Waals surface area contributed by atoms with Crippen LogP contribution in [0, 0.1) is 11.3 Å². The van der Waals surface area contributed by atoms with Crippen molar-refractivity contribution in [2.75, 3.05) is 26.4 Å². The number of aromatic nitrogens is 2. The van der Waals surface area contributed by atoms with Gasteiger partial charge in [-0.05, 0) is 48.4 Å². The molecule has 3 aromatic carbocycles. The van der Waals surface area contributed by atoms with E-state index in [2.05, 4.69) is 0 Å². The van der Waals surface area contributed by atoms with E-state index in [0.717, 1.165) is 21.7 Å². The van der Waals surface area contributed by atoms with Crippen molar-refractivity contribution < 1.29 is 28.6 Å². The molecule has 0 bridgehead atoms. The molecule has 2 heterocycles. The van der Waals surface area contributed by atoms with Crippen LogP contribution in [0.1, 0.15) is 25.0 Å². The molecule has 4 aromatic rings. The molecule has 0 spiro atoms. The number of esters is 1. The van der Waals surface area contributed by atoms with Gasteiger partial charge in [0, 0.05) is 29.8 Å². The van der Waals surface area contributed by atoms with Gasteiger partial charge < -0.3 is 14.2 Å². The summed E-state index contributed by atoms with van der Waals surface area (Å²) in [4.78, 5) is 38.8. The molecule has 0 radical (unpaired) electrons. The van der Waals surface area contributed by atoms with E-state index in [1.54, 1.807) is 23.9 Å². The molecule has 0 fully saturated rings. The van der Waals surface area contributed by atoms with Crippen molar-refractivity contribution in [1.29, 1.82) is 5.26 Å². The highest BCUT2D eigenvalue weighted by atomic mass is 16.6. The largest absolute Gasteiger partial charge is 0.489 e. The predicted molar refractivity (Wildman–Crippen MR) is 170 cm³/mol. The number of hydrogen-bond donors (Lipinski definition) is 0. The maximum Gasteiger partial charge on any atom is 0.302 e. The second-order valence-corrected chi connectivity index (χ2v) is 10.4. The van der Waals surface area contributed by atoms with Crippen LogP contribution in [0.3, 0.4) is 0 Å². The third kappa shape index (κ3) is 7.46. The van der Waals surface area contributed by atoms with Crippen LogP contribution < -0.4 is 4.74 Å². The summed E-state index contributed by atoms with van der Waals surface area (Å²) in [5.41, 5.74) is 4.14. The predicted octanol–water partition coefficient (Wildman–Crippen LogP) is 5.29. The van der Waals surface area contributed by atoms with Crippen molar-refractivity contribution >= 4 is 23.9 Å². The molecule has 232 valence electrons. The van der Waals surface area contributed by atoms with Gasteiger partial charge in [0.1, 0.15) is 36.3 Å². The molecule has 2 amide bonds. The first-order chi connectivity index (χ1) is 22.4. The second-order valence-electron chi connectivity index (χ2n) is 10.4. The van der Waals surface area contributed by atoms with E-state index in [4.69, 9.17) is 19.3 Å². The van der Waals surface area contributed by atoms with Crippen molar-refractivity contribution in [1.82, 2.24) is 14.7 Å². The lowest BCUT2D eigenvalue weighted by molar-refractivity contribution is -0.142. The topological polar surface area (TPSA) is 124 Å².